The first-order valence-electron chi connectivity index (χ1n) is 20.4. The summed E-state index contributed by atoms with van der Waals surface area (Å²) < 4.78 is 48.7. The van der Waals surface area contributed by atoms with Crippen molar-refractivity contribution in [3.8, 4) is 0 Å². The number of aliphatic hydroxyl groups excluding tert-OH is 4. The summed E-state index contributed by atoms with van der Waals surface area (Å²) in [6.07, 6.45) is -3.74. The molecule has 19 nitrogen and oxygen atoms in total. The number of rotatable bonds is 33. The van der Waals surface area contributed by atoms with Gasteiger partial charge in [0.15, 0.2) is 6.29 Å². The van der Waals surface area contributed by atoms with Gasteiger partial charge in [0.05, 0.1) is 92.5 Å². The van der Waals surface area contributed by atoms with E-state index < -0.39 is 49.0 Å². The molecule has 0 saturated carbocycles. The van der Waals surface area contributed by atoms with Crippen LogP contribution in [0.3, 0.4) is 0 Å². The van der Waals surface area contributed by atoms with Crippen molar-refractivity contribution in [2.24, 2.45) is 0 Å². The molecule has 0 radical (unpaired) electrons. The van der Waals surface area contributed by atoms with E-state index in [4.69, 9.17) is 42.6 Å². The van der Waals surface area contributed by atoms with Crippen LogP contribution in [0.15, 0.2) is 24.3 Å². The standard InChI is InChI=1S/C40H69N3O16/c1-40(2,3)59-39(50)42-15-18-52-20-22-54-24-26-56-28-27-55-25-23-53-21-19-51-16-13-33(45)41-14-6-4-5-7-34(46)43-31-10-8-30(9-11-31)12-17-57-38-37(49)36(48)35(47)32(29-44)58-38/h8-11,32,35-38,44,47-49H,4-7,12-29H2,1-3H3,(H,41,45)(H,42,50)(H,43,46)/t32-,35-,36+,37-,38-/m1/s1. The summed E-state index contributed by atoms with van der Waals surface area (Å²) in [6.45, 7) is 10.8. The molecule has 0 aliphatic carbocycles. The van der Waals surface area contributed by atoms with Crippen molar-refractivity contribution in [3.63, 3.8) is 0 Å². The van der Waals surface area contributed by atoms with E-state index in [0.29, 0.717) is 117 Å². The fourth-order valence-electron chi connectivity index (χ4n) is 5.29. The lowest BCUT2D eigenvalue weighted by molar-refractivity contribution is -0.300. The van der Waals surface area contributed by atoms with E-state index in [1.54, 1.807) is 32.9 Å². The van der Waals surface area contributed by atoms with Gasteiger partial charge >= 0.3 is 6.09 Å². The van der Waals surface area contributed by atoms with E-state index in [0.717, 1.165) is 18.4 Å². The number of nitrogens with one attached hydrogen (secondary N) is 3. The molecular weight excluding hydrogens is 778 g/mol. The number of anilines is 1. The summed E-state index contributed by atoms with van der Waals surface area (Å²) in [6, 6.07) is 7.24. The minimum absolute atomic E-state index is 0.0923. The number of hydrogen-bond donors (Lipinski definition) is 7. The Hall–Kier alpha value is -3.05. The van der Waals surface area contributed by atoms with Crippen molar-refractivity contribution >= 4 is 23.6 Å². The minimum Gasteiger partial charge on any atom is -0.444 e. The van der Waals surface area contributed by atoms with Gasteiger partial charge in [-0.05, 0) is 57.7 Å². The van der Waals surface area contributed by atoms with Crippen molar-refractivity contribution in [1.29, 1.82) is 0 Å². The molecule has 0 aromatic heterocycles. The topological polar surface area (TPSA) is 251 Å². The molecule has 19 heteroatoms. The number of amides is 3. The molecule has 1 heterocycles. The molecule has 1 saturated heterocycles. The molecule has 1 aliphatic heterocycles. The van der Waals surface area contributed by atoms with E-state index in [-0.39, 0.29) is 24.8 Å². The predicted molar refractivity (Wildman–Crippen MR) is 214 cm³/mol. The maximum atomic E-state index is 12.4. The van der Waals surface area contributed by atoms with Crippen LogP contribution in [-0.4, -0.2) is 180 Å². The number of unbranched alkanes of at least 4 members (excludes halogenated alkanes) is 2. The third-order valence-electron chi connectivity index (χ3n) is 8.41. The zero-order chi connectivity index (χ0) is 43.1. The third-order valence-corrected chi connectivity index (χ3v) is 8.41. The average molecular weight is 848 g/mol. The van der Waals surface area contributed by atoms with E-state index in [1.165, 1.54) is 0 Å². The second kappa shape index (κ2) is 31.8. The largest absolute Gasteiger partial charge is 0.444 e. The van der Waals surface area contributed by atoms with Gasteiger partial charge in [0, 0.05) is 31.6 Å². The molecule has 1 aromatic rings. The lowest BCUT2D eigenvalue weighted by Gasteiger charge is -2.39. The number of ether oxygens (including phenoxy) is 9. The number of hydrogen-bond acceptors (Lipinski definition) is 16. The zero-order valence-electron chi connectivity index (χ0n) is 34.9. The first kappa shape index (κ1) is 52.1. The molecule has 2 rings (SSSR count). The number of benzene rings is 1. The Morgan fingerprint density at radius 2 is 1.19 bits per heavy atom. The van der Waals surface area contributed by atoms with Crippen LogP contribution in [0, 0.1) is 0 Å². The fraction of sp³-hybridized carbons (Fsp3) is 0.775. The highest BCUT2D eigenvalue weighted by Gasteiger charge is 2.43. The summed E-state index contributed by atoms with van der Waals surface area (Å²) in [4.78, 5) is 35.9. The second-order valence-corrected chi connectivity index (χ2v) is 14.6. The van der Waals surface area contributed by atoms with Gasteiger partial charge in [0.25, 0.3) is 0 Å². The zero-order valence-corrected chi connectivity index (χ0v) is 34.9. The number of aliphatic hydroxyl groups is 4. The van der Waals surface area contributed by atoms with Gasteiger partial charge in [-0.2, -0.15) is 0 Å². The molecule has 1 aliphatic rings. The molecule has 59 heavy (non-hydrogen) atoms. The van der Waals surface area contributed by atoms with Crippen LogP contribution in [0.1, 0.15) is 58.4 Å². The van der Waals surface area contributed by atoms with Crippen LogP contribution in [0.25, 0.3) is 0 Å². The van der Waals surface area contributed by atoms with Crippen molar-refractivity contribution in [1.82, 2.24) is 10.6 Å². The van der Waals surface area contributed by atoms with Crippen molar-refractivity contribution in [3.05, 3.63) is 29.8 Å². The van der Waals surface area contributed by atoms with Crippen LogP contribution in [0.5, 0.6) is 0 Å². The van der Waals surface area contributed by atoms with Gasteiger partial charge in [0.2, 0.25) is 11.8 Å². The van der Waals surface area contributed by atoms with Crippen LogP contribution >= 0.6 is 0 Å². The summed E-state index contributed by atoms with van der Waals surface area (Å²) in [5.74, 6) is -0.195. The van der Waals surface area contributed by atoms with E-state index >= 15 is 0 Å². The highest BCUT2D eigenvalue weighted by molar-refractivity contribution is 5.90. The molecule has 340 valence electrons. The van der Waals surface area contributed by atoms with Crippen LogP contribution in [0.2, 0.25) is 0 Å². The smallest absolute Gasteiger partial charge is 0.407 e. The first-order valence-corrected chi connectivity index (χ1v) is 20.4. The molecule has 7 N–H and O–H groups in total. The van der Waals surface area contributed by atoms with E-state index in [2.05, 4.69) is 16.0 Å². The molecule has 0 spiro atoms. The lowest BCUT2D eigenvalue weighted by Crippen LogP contribution is -2.59. The van der Waals surface area contributed by atoms with E-state index in [9.17, 15) is 34.8 Å². The van der Waals surface area contributed by atoms with Crippen molar-refractivity contribution in [2.75, 3.05) is 111 Å². The Labute approximate surface area is 347 Å². The molecule has 0 unspecified atom stereocenters. The van der Waals surface area contributed by atoms with Gasteiger partial charge in [-0.15, -0.1) is 0 Å². The van der Waals surface area contributed by atoms with Gasteiger partial charge in [0.1, 0.15) is 30.0 Å². The van der Waals surface area contributed by atoms with Crippen molar-refractivity contribution in [2.45, 2.75) is 95.6 Å². The van der Waals surface area contributed by atoms with Crippen LogP contribution < -0.4 is 16.0 Å². The normalized spacial score (nSPS) is 19.3. The second-order valence-electron chi connectivity index (χ2n) is 14.6. The SMILES string of the molecule is CC(C)(C)OC(=O)NCCOCCOCCOCCOCCOCCOCCC(=O)NCCCCCC(=O)Nc1ccc(CCO[C@@H]2O[C@H](CO)[C@@H](O)[C@H](O)[C@H]2O)cc1. The molecule has 1 fully saturated rings. The predicted octanol–water partition coefficient (Wildman–Crippen LogP) is 0.675. The Kier molecular flexibility index (Phi) is 28.1. The van der Waals surface area contributed by atoms with Gasteiger partial charge < -0.3 is 79.0 Å². The minimum atomic E-state index is -1.49. The molecule has 0 bridgehead atoms. The molecule has 1 aromatic carbocycles. The highest BCUT2D eigenvalue weighted by Crippen LogP contribution is 2.22. The number of alkyl carbamates (subject to hydrolysis) is 1. The Balaban J connectivity index is 1.30. The first-order chi connectivity index (χ1) is 28.4. The van der Waals surface area contributed by atoms with E-state index in [1.807, 2.05) is 12.1 Å². The van der Waals surface area contributed by atoms with Crippen molar-refractivity contribution < 1.29 is 77.4 Å². The van der Waals surface area contributed by atoms with Crippen LogP contribution in [-0.2, 0) is 58.6 Å². The number of carbonyl (C=O) groups is 3. The molecule has 5 atom stereocenters. The summed E-state index contributed by atoms with van der Waals surface area (Å²) in [7, 11) is 0. The van der Waals surface area contributed by atoms with Gasteiger partial charge in [-0.3, -0.25) is 9.59 Å². The fourth-order valence-corrected chi connectivity index (χ4v) is 5.29. The maximum absolute atomic E-state index is 12.4. The Morgan fingerprint density at radius 3 is 1.75 bits per heavy atom. The average Bonchev–Trinajstić information content (AvgIpc) is 3.19. The lowest BCUT2D eigenvalue weighted by atomic mass is 9.99. The summed E-state index contributed by atoms with van der Waals surface area (Å²) >= 11 is 0. The Bertz CT molecular complexity index is 1250. The molecule has 3 amide bonds. The number of carbonyl (C=O) groups excluding carboxylic acids is 3. The molecular formula is C40H69N3O16. The third kappa shape index (κ3) is 26.0. The quantitative estimate of drug-likeness (QED) is 0.0481. The summed E-state index contributed by atoms with van der Waals surface area (Å²) in [5, 5.41) is 47.5. The van der Waals surface area contributed by atoms with Gasteiger partial charge in [-0.25, -0.2) is 4.79 Å². The maximum Gasteiger partial charge on any atom is 0.407 e. The van der Waals surface area contributed by atoms with Crippen LogP contribution in [0.4, 0.5) is 10.5 Å². The van der Waals surface area contributed by atoms with Gasteiger partial charge in [-0.1, -0.05) is 18.6 Å². The Morgan fingerprint density at radius 1 is 0.627 bits per heavy atom. The summed E-state index contributed by atoms with van der Waals surface area (Å²) in [5.41, 5.74) is 1.04. The monoisotopic (exact) mass is 847 g/mol. The highest BCUT2D eigenvalue weighted by atomic mass is 16.7.